The SMILES string of the molecule is COCC(OCc1ccccn1)C(=O)O. The second-order valence-electron chi connectivity index (χ2n) is 2.91. The van der Waals surface area contributed by atoms with Crippen molar-refractivity contribution in [1.29, 1.82) is 0 Å². The first kappa shape index (κ1) is 11.6. The summed E-state index contributed by atoms with van der Waals surface area (Å²) < 4.78 is 9.87. The van der Waals surface area contributed by atoms with Gasteiger partial charge in [-0.25, -0.2) is 4.79 Å². The van der Waals surface area contributed by atoms with Crippen LogP contribution in [0.3, 0.4) is 0 Å². The monoisotopic (exact) mass is 211 g/mol. The minimum Gasteiger partial charge on any atom is -0.479 e. The Morgan fingerprint density at radius 3 is 2.93 bits per heavy atom. The highest BCUT2D eigenvalue weighted by atomic mass is 16.5. The maximum Gasteiger partial charge on any atom is 0.335 e. The van der Waals surface area contributed by atoms with Gasteiger partial charge in [0.25, 0.3) is 0 Å². The standard InChI is InChI=1S/C10H13NO4/c1-14-7-9(10(12)13)15-6-8-4-2-3-5-11-8/h2-5,9H,6-7H2,1H3,(H,12,13). The lowest BCUT2D eigenvalue weighted by Crippen LogP contribution is -2.28. The Bertz CT molecular complexity index is 302. The van der Waals surface area contributed by atoms with Gasteiger partial charge in [-0.2, -0.15) is 0 Å². The van der Waals surface area contributed by atoms with Crippen LogP contribution in [-0.2, 0) is 20.9 Å². The van der Waals surface area contributed by atoms with Crippen LogP contribution in [0.1, 0.15) is 5.69 Å². The first-order chi connectivity index (χ1) is 7.24. The molecule has 1 aromatic heterocycles. The molecule has 0 aliphatic rings. The van der Waals surface area contributed by atoms with E-state index in [0.717, 1.165) is 0 Å². The van der Waals surface area contributed by atoms with E-state index < -0.39 is 12.1 Å². The second-order valence-corrected chi connectivity index (χ2v) is 2.91. The molecule has 1 heterocycles. The van der Waals surface area contributed by atoms with Crippen molar-refractivity contribution in [3.8, 4) is 0 Å². The highest BCUT2D eigenvalue weighted by Crippen LogP contribution is 2.01. The van der Waals surface area contributed by atoms with Gasteiger partial charge in [-0.1, -0.05) is 6.07 Å². The molecule has 0 amide bonds. The predicted molar refractivity (Wildman–Crippen MR) is 52.3 cm³/mol. The fourth-order valence-corrected chi connectivity index (χ4v) is 1.01. The lowest BCUT2D eigenvalue weighted by Gasteiger charge is -2.11. The summed E-state index contributed by atoms with van der Waals surface area (Å²) in [5.74, 6) is -1.03. The molecule has 0 spiro atoms. The maximum atomic E-state index is 10.7. The van der Waals surface area contributed by atoms with Crippen molar-refractivity contribution in [1.82, 2.24) is 4.98 Å². The fourth-order valence-electron chi connectivity index (χ4n) is 1.01. The lowest BCUT2D eigenvalue weighted by atomic mass is 10.3. The van der Waals surface area contributed by atoms with Crippen LogP contribution in [0.2, 0.25) is 0 Å². The molecule has 0 bridgehead atoms. The Kier molecular flexibility index (Phi) is 4.73. The summed E-state index contributed by atoms with van der Waals surface area (Å²) in [6.07, 6.45) is 0.683. The van der Waals surface area contributed by atoms with Gasteiger partial charge < -0.3 is 14.6 Å². The van der Waals surface area contributed by atoms with Crippen molar-refractivity contribution in [2.45, 2.75) is 12.7 Å². The van der Waals surface area contributed by atoms with E-state index in [2.05, 4.69) is 4.98 Å². The van der Waals surface area contributed by atoms with Crippen molar-refractivity contribution in [2.75, 3.05) is 13.7 Å². The molecule has 0 fully saturated rings. The van der Waals surface area contributed by atoms with Crippen molar-refractivity contribution in [3.05, 3.63) is 30.1 Å². The van der Waals surface area contributed by atoms with E-state index in [1.807, 2.05) is 6.07 Å². The number of aromatic nitrogens is 1. The Labute approximate surface area is 87.7 Å². The number of carbonyl (C=O) groups is 1. The normalized spacial score (nSPS) is 12.3. The molecule has 1 atom stereocenters. The third-order valence-electron chi connectivity index (χ3n) is 1.75. The number of ether oxygens (including phenoxy) is 2. The summed E-state index contributed by atoms with van der Waals surface area (Å²) in [7, 11) is 1.43. The van der Waals surface area contributed by atoms with Crippen LogP contribution < -0.4 is 0 Å². The highest BCUT2D eigenvalue weighted by Gasteiger charge is 2.17. The van der Waals surface area contributed by atoms with Gasteiger partial charge in [-0.15, -0.1) is 0 Å². The quantitative estimate of drug-likeness (QED) is 0.750. The number of rotatable bonds is 6. The van der Waals surface area contributed by atoms with Crippen molar-refractivity contribution in [2.24, 2.45) is 0 Å². The molecule has 0 saturated carbocycles. The molecule has 1 aromatic rings. The molecule has 5 nitrogen and oxygen atoms in total. The van der Waals surface area contributed by atoms with E-state index in [-0.39, 0.29) is 13.2 Å². The number of pyridine rings is 1. The number of hydrogen-bond donors (Lipinski definition) is 1. The Hall–Kier alpha value is -1.46. The van der Waals surface area contributed by atoms with Crippen LogP contribution in [0.15, 0.2) is 24.4 Å². The summed E-state index contributed by atoms with van der Waals surface area (Å²) in [6.45, 7) is 0.198. The van der Waals surface area contributed by atoms with Crippen molar-refractivity contribution >= 4 is 5.97 Å². The molecule has 1 N–H and O–H groups in total. The molecular weight excluding hydrogens is 198 g/mol. The number of aliphatic carboxylic acids is 1. The molecule has 0 saturated heterocycles. The van der Waals surface area contributed by atoms with Crippen molar-refractivity contribution in [3.63, 3.8) is 0 Å². The van der Waals surface area contributed by atoms with E-state index in [0.29, 0.717) is 5.69 Å². The molecule has 15 heavy (non-hydrogen) atoms. The van der Waals surface area contributed by atoms with E-state index in [1.54, 1.807) is 18.3 Å². The molecule has 0 aromatic carbocycles. The Balaban J connectivity index is 2.43. The minimum absolute atomic E-state index is 0.0299. The van der Waals surface area contributed by atoms with Crippen molar-refractivity contribution < 1.29 is 19.4 Å². The van der Waals surface area contributed by atoms with Crippen LogP contribution >= 0.6 is 0 Å². The van der Waals surface area contributed by atoms with Gasteiger partial charge in [0, 0.05) is 13.3 Å². The molecule has 0 aliphatic heterocycles. The number of carboxylic acids is 1. The zero-order valence-electron chi connectivity index (χ0n) is 8.42. The zero-order valence-corrected chi connectivity index (χ0v) is 8.42. The Morgan fingerprint density at radius 1 is 1.60 bits per heavy atom. The van der Waals surface area contributed by atoms with Crippen LogP contribution in [0, 0.1) is 0 Å². The molecule has 0 aliphatic carbocycles. The number of carboxylic acid groups (broad SMARTS) is 1. The highest BCUT2D eigenvalue weighted by molar-refractivity contribution is 5.72. The summed E-state index contributed by atoms with van der Waals surface area (Å²) in [5.41, 5.74) is 0.694. The third-order valence-corrected chi connectivity index (χ3v) is 1.75. The molecule has 1 rings (SSSR count). The van der Waals surface area contributed by atoms with Gasteiger partial charge in [-0.3, -0.25) is 4.98 Å². The topological polar surface area (TPSA) is 68.7 Å². The van der Waals surface area contributed by atoms with Gasteiger partial charge in [0.1, 0.15) is 0 Å². The fraction of sp³-hybridized carbons (Fsp3) is 0.400. The summed E-state index contributed by atoms with van der Waals surface area (Å²) in [5, 5.41) is 8.76. The van der Waals surface area contributed by atoms with Crippen LogP contribution in [-0.4, -0.2) is 35.9 Å². The van der Waals surface area contributed by atoms with Crippen LogP contribution in [0.4, 0.5) is 0 Å². The third kappa shape index (κ3) is 4.05. The molecule has 1 unspecified atom stereocenters. The van der Waals surface area contributed by atoms with Crippen LogP contribution in [0.25, 0.3) is 0 Å². The molecule has 5 heteroatoms. The van der Waals surface area contributed by atoms with Gasteiger partial charge in [0.15, 0.2) is 6.10 Å². The number of nitrogens with zero attached hydrogens (tertiary/aromatic N) is 1. The zero-order chi connectivity index (χ0) is 11.1. The van der Waals surface area contributed by atoms with Gasteiger partial charge >= 0.3 is 5.97 Å². The maximum absolute atomic E-state index is 10.7. The average Bonchev–Trinajstić information content (AvgIpc) is 2.25. The summed E-state index contributed by atoms with van der Waals surface area (Å²) in [4.78, 5) is 14.7. The van der Waals surface area contributed by atoms with E-state index in [1.165, 1.54) is 7.11 Å². The predicted octanol–water partition coefficient (Wildman–Crippen LogP) is 0.698. The lowest BCUT2D eigenvalue weighted by molar-refractivity contribution is -0.154. The van der Waals surface area contributed by atoms with Crippen LogP contribution in [0.5, 0.6) is 0 Å². The molecular formula is C10H13NO4. The van der Waals surface area contributed by atoms with Gasteiger partial charge in [-0.05, 0) is 12.1 Å². The first-order valence-electron chi connectivity index (χ1n) is 4.47. The second kappa shape index (κ2) is 6.10. The molecule has 82 valence electrons. The van der Waals surface area contributed by atoms with E-state index in [9.17, 15) is 4.79 Å². The first-order valence-corrected chi connectivity index (χ1v) is 4.47. The largest absolute Gasteiger partial charge is 0.479 e. The minimum atomic E-state index is -1.03. The smallest absolute Gasteiger partial charge is 0.335 e. The summed E-state index contributed by atoms with van der Waals surface area (Å²) in [6, 6.07) is 5.37. The molecule has 0 radical (unpaired) electrons. The number of hydrogen-bond acceptors (Lipinski definition) is 4. The van der Waals surface area contributed by atoms with E-state index >= 15 is 0 Å². The Morgan fingerprint density at radius 2 is 2.40 bits per heavy atom. The average molecular weight is 211 g/mol. The number of methoxy groups -OCH3 is 1. The van der Waals surface area contributed by atoms with Gasteiger partial charge in [0.05, 0.1) is 18.9 Å². The summed E-state index contributed by atoms with van der Waals surface area (Å²) >= 11 is 0. The van der Waals surface area contributed by atoms with Gasteiger partial charge in [0.2, 0.25) is 0 Å². The van der Waals surface area contributed by atoms with E-state index in [4.69, 9.17) is 14.6 Å².